The highest BCUT2D eigenvalue weighted by Gasteiger charge is 2.35. The van der Waals surface area contributed by atoms with Crippen molar-refractivity contribution < 1.29 is 23.9 Å². The van der Waals surface area contributed by atoms with Crippen LogP contribution in [0.15, 0.2) is 54.6 Å². The van der Waals surface area contributed by atoms with Gasteiger partial charge in [-0.3, -0.25) is 19.3 Å². The number of esters is 1. The zero-order chi connectivity index (χ0) is 21.8. The maximum absolute atomic E-state index is 12.4. The van der Waals surface area contributed by atoms with Gasteiger partial charge in [-0.05, 0) is 37.1 Å². The number of benzene rings is 2. The Morgan fingerprint density at radius 3 is 2.10 bits per heavy atom. The first-order valence-electron chi connectivity index (χ1n) is 10.3. The second kappa shape index (κ2) is 8.99. The van der Waals surface area contributed by atoms with Gasteiger partial charge in [-0.15, -0.1) is 0 Å². The van der Waals surface area contributed by atoms with Gasteiger partial charge in [0.2, 0.25) is 0 Å². The van der Waals surface area contributed by atoms with Crippen LogP contribution in [0.3, 0.4) is 0 Å². The average Bonchev–Trinajstić information content (AvgIpc) is 3.05. The number of carbonyl (C=O) groups excluding carboxylic acids is 4. The van der Waals surface area contributed by atoms with Gasteiger partial charge >= 0.3 is 12.0 Å². The lowest BCUT2D eigenvalue weighted by molar-refractivity contribution is -0.150. The van der Waals surface area contributed by atoms with E-state index in [0.717, 1.165) is 10.6 Å². The molecular formula is C23H23N3O5. The summed E-state index contributed by atoms with van der Waals surface area (Å²) in [6, 6.07) is 15.7. The van der Waals surface area contributed by atoms with E-state index in [4.69, 9.17) is 4.74 Å². The van der Waals surface area contributed by atoms with Gasteiger partial charge in [0.05, 0.1) is 23.6 Å². The van der Waals surface area contributed by atoms with Crippen molar-refractivity contribution in [3.63, 3.8) is 0 Å². The molecular weight excluding hydrogens is 398 g/mol. The molecule has 1 fully saturated rings. The Bertz CT molecular complexity index is 964. The number of rotatable bonds is 5. The van der Waals surface area contributed by atoms with Gasteiger partial charge in [-0.2, -0.15) is 0 Å². The molecule has 0 aromatic heterocycles. The van der Waals surface area contributed by atoms with Crippen LogP contribution in [0.25, 0.3) is 0 Å². The van der Waals surface area contributed by atoms with E-state index in [1.807, 2.05) is 30.3 Å². The van der Waals surface area contributed by atoms with Crippen molar-refractivity contribution in [3.8, 4) is 0 Å². The Morgan fingerprint density at radius 2 is 1.48 bits per heavy atom. The maximum Gasteiger partial charge on any atom is 0.321 e. The summed E-state index contributed by atoms with van der Waals surface area (Å²) in [5.41, 5.74) is 1.47. The Hall–Kier alpha value is -3.68. The minimum absolute atomic E-state index is 0.0242. The summed E-state index contributed by atoms with van der Waals surface area (Å²) in [5.74, 6) is -1.40. The van der Waals surface area contributed by atoms with Crippen molar-refractivity contribution in [2.75, 3.05) is 31.6 Å². The van der Waals surface area contributed by atoms with Crippen LogP contribution in [0.1, 0.15) is 33.6 Å². The molecule has 0 radical (unpaired) electrons. The van der Waals surface area contributed by atoms with Crippen molar-refractivity contribution in [1.29, 1.82) is 0 Å². The molecule has 160 valence electrons. The Labute approximate surface area is 179 Å². The Balaban J connectivity index is 1.21. The van der Waals surface area contributed by atoms with Crippen LogP contribution in [0, 0.1) is 5.92 Å². The highest BCUT2D eigenvalue weighted by Crippen LogP contribution is 2.23. The SMILES string of the molecule is O=C(OCCN1C(=O)c2ccccc2C1=O)C1CCN(C(=O)Nc2ccccc2)CC1. The fraction of sp³-hybridized carbons (Fsp3) is 0.304. The lowest BCUT2D eigenvalue weighted by Gasteiger charge is -2.31. The zero-order valence-corrected chi connectivity index (χ0v) is 17.0. The number of imide groups is 1. The number of anilines is 1. The summed E-state index contributed by atoms with van der Waals surface area (Å²) in [6.45, 7) is 0.892. The number of amides is 4. The van der Waals surface area contributed by atoms with Gasteiger partial charge in [0.1, 0.15) is 6.61 Å². The van der Waals surface area contributed by atoms with Gasteiger partial charge in [0.25, 0.3) is 11.8 Å². The van der Waals surface area contributed by atoms with E-state index in [-0.39, 0.29) is 42.9 Å². The molecule has 2 aliphatic rings. The van der Waals surface area contributed by atoms with E-state index >= 15 is 0 Å². The number of ether oxygens (including phenoxy) is 1. The molecule has 1 saturated heterocycles. The van der Waals surface area contributed by atoms with Crippen LogP contribution in [-0.2, 0) is 9.53 Å². The zero-order valence-electron chi connectivity index (χ0n) is 17.0. The number of carbonyl (C=O) groups is 4. The molecule has 0 atom stereocenters. The summed E-state index contributed by atoms with van der Waals surface area (Å²) in [6.07, 6.45) is 1.02. The fourth-order valence-corrected chi connectivity index (χ4v) is 3.84. The normalized spacial score (nSPS) is 16.3. The van der Waals surface area contributed by atoms with Crippen LogP contribution in [0.5, 0.6) is 0 Å². The third kappa shape index (κ3) is 4.42. The third-order valence-corrected chi connectivity index (χ3v) is 5.58. The molecule has 0 saturated carbocycles. The number of likely N-dealkylation sites (tertiary alicyclic amines) is 1. The van der Waals surface area contributed by atoms with Gasteiger partial charge in [-0.1, -0.05) is 30.3 Å². The number of piperidine rings is 1. The van der Waals surface area contributed by atoms with Gasteiger partial charge in [0, 0.05) is 18.8 Å². The number of hydrogen-bond donors (Lipinski definition) is 1. The van der Waals surface area contributed by atoms with Crippen molar-refractivity contribution >= 4 is 29.5 Å². The smallest absolute Gasteiger partial charge is 0.321 e. The van der Waals surface area contributed by atoms with E-state index in [2.05, 4.69) is 5.32 Å². The van der Waals surface area contributed by atoms with Crippen molar-refractivity contribution in [3.05, 3.63) is 65.7 Å². The summed E-state index contributed by atoms with van der Waals surface area (Å²) in [7, 11) is 0. The highest BCUT2D eigenvalue weighted by atomic mass is 16.5. The van der Waals surface area contributed by atoms with Gasteiger partial charge in [0.15, 0.2) is 0 Å². The number of urea groups is 1. The van der Waals surface area contributed by atoms with E-state index in [9.17, 15) is 19.2 Å². The number of para-hydroxylation sites is 1. The van der Waals surface area contributed by atoms with Crippen LogP contribution in [-0.4, -0.2) is 59.9 Å². The molecule has 0 bridgehead atoms. The molecule has 0 spiro atoms. The van der Waals surface area contributed by atoms with E-state index in [0.29, 0.717) is 37.1 Å². The van der Waals surface area contributed by atoms with E-state index in [1.54, 1.807) is 29.2 Å². The first-order valence-corrected chi connectivity index (χ1v) is 10.3. The predicted octanol–water partition coefficient (Wildman–Crippen LogP) is 2.77. The molecule has 0 aliphatic carbocycles. The molecule has 2 aromatic rings. The Kier molecular flexibility index (Phi) is 5.97. The quantitative estimate of drug-likeness (QED) is 0.592. The second-order valence-corrected chi connectivity index (χ2v) is 7.53. The monoisotopic (exact) mass is 421 g/mol. The standard InChI is InChI=1S/C23H23N3O5/c27-20-18-8-4-5-9-19(18)21(28)26(20)14-15-31-22(29)16-10-12-25(13-11-16)23(30)24-17-6-2-1-3-7-17/h1-9,16H,10-15H2,(H,24,30). The number of hydrogen-bond acceptors (Lipinski definition) is 5. The molecule has 31 heavy (non-hydrogen) atoms. The van der Waals surface area contributed by atoms with E-state index in [1.165, 1.54) is 0 Å². The summed E-state index contributed by atoms with van der Waals surface area (Å²) in [5, 5.41) is 2.84. The van der Waals surface area contributed by atoms with Crippen LogP contribution >= 0.6 is 0 Å². The second-order valence-electron chi connectivity index (χ2n) is 7.53. The number of fused-ring (bicyclic) bond motifs is 1. The Morgan fingerprint density at radius 1 is 0.903 bits per heavy atom. The first kappa shape index (κ1) is 20.6. The molecule has 4 rings (SSSR count). The van der Waals surface area contributed by atoms with Crippen molar-refractivity contribution in [2.45, 2.75) is 12.8 Å². The summed E-state index contributed by atoms with van der Waals surface area (Å²) >= 11 is 0. The van der Waals surface area contributed by atoms with Crippen LogP contribution in [0.4, 0.5) is 10.5 Å². The van der Waals surface area contributed by atoms with Crippen LogP contribution < -0.4 is 5.32 Å². The minimum Gasteiger partial charge on any atom is -0.464 e. The molecule has 2 aromatic carbocycles. The van der Waals surface area contributed by atoms with Gasteiger partial charge < -0.3 is 15.0 Å². The molecule has 8 nitrogen and oxygen atoms in total. The molecule has 8 heteroatoms. The number of nitrogens with zero attached hydrogens (tertiary/aromatic N) is 2. The third-order valence-electron chi connectivity index (χ3n) is 5.58. The molecule has 1 N–H and O–H groups in total. The molecule has 4 amide bonds. The lowest BCUT2D eigenvalue weighted by atomic mass is 9.97. The maximum atomic E-state index is 12.4. The van der Waals surface area contributed by atoms with E-state index < -0.39 is 0 Å². The average molecular weight is 421 g/mol. The largest absolute Gasteiger partial charge is 0.464 e. The first-order chi connectivity index (χ1) is 15.0. The summed E-state index contributed by atoms with van der Waals surface area (Å²) < 4.78 is 5.33. The minimum atomic E-state index is -0.366. The summed E-state index contributed by atoms with van der Waals surface area (Å²) in [4.78, 5) is 52.2. The topological polar surface area (TPSA) is 96.0 Å². The fourth-order valence-electron chi connectivity index (χ4n) is 3.84. The molecule has 0 unspecified atom stereocenters. The van der Waals surface area contributed by atoms with Crippen LogP contribution in [0.2, 0.25) is 0 Å². The number of nitrogens with one attached hydrogen (secondary N) is 1. The van der Waals surface area contributed by atoms with Gasteiger partial charge in [-0.25, -0.2) is 4.79 Å². The highest BCUT2D eigenvalue weighted by molar-refractivity contribution is 6.21. The van der Waals surface area contributed by atoms with Crippen molar-refractivity contribution in [1.82, 2.24) is 9.80 Å². The molecule has 2 heterocycles. The molecule has 2 aliphatic heterocycles. The van der Waals surface area contributed by atoms with Crippen molar-refractivity contribution in [2.24, 2.45) is 5.92 Å². The predicted molar refractivity (Wildman–Crippen MR) is 113 cm³/mol. The lowest BCUT2D eigenvalue weighted by Crippen LogP contribution is -2.43.